The minimum absolute atomic E-state index is 0.0116. The molecule has 0 aliphatic heterocycles. The summed E-state index contributed by atoms with van der Waals surface area (Å²) in [6, 6.07) is 0. The van der Waals surface area contributed by atoms with Gasteiger partial charge in [-0.25, -0.2) is 0 Å². The van der Waals surface area contributed by atoms with Crippen LogP contribution in [0.15, 0.2) is 12.2 Å². The zero-order chi connectivity index (χ0) is 14.8. The number of hydrogen-bond acceptors (Lipinski definition) is 2. The SMILES string of the molecule is C[C@]12C=C[C@@H](O)CC1CCC1C2CC[C@]2(C)C(=O)CCC12. The topological polar surface area (TPSA) is 37.3 Å². The van der Waals surface area contributed by atoms with Crippen LogP contribution in [0.1, 0.15) is 58.8 Å². The average molecular weight is 288 g/mol. The Morgan fingerprint density at radius 1 is 1.14 bits per heavy atom. The van der Waals surface area contributed by atoms with Crippen LogP contribution < -0.4 is 0 Å². The van der Waals surface area contributed by atoms with E-state index in [9.17, 15) is 9.90 Å². The molecule has 0 bridgehead atoms. The summed E-state index contributed by atoms with van der Waals surface area (Å²) in [7, 11) is 0. The summed E-state index contributed by atoms with van der Waals surface area (Å²) >= 11 is 0. The van der Waals surface area contributed by atoms with Gasteiger partial charge in [-0.2, -0.15) is 0 Å². The van der Waals surface area contributed by atoms with Gasteiger partial charge >= 0.3 is 0 Å². The highest BCUT2D eigenvalue weighted by atomic mass is 16.3. The van der Waals surface area contributed by atoms with Crippen LogP contribution in [0, 0.1) is 34.5 Å². The molecule has 0 amide bonds. The van der Waals surface area contributed by atoms with Crippen molar-refractivity contribution in [2.24, 2.45) is 34.5 Å². The van der Waals surface area contributed by atoms with Crippen molar-refractivity contribution in [3.05, 3.63) is 12.2 Å². The molecule has 0 saturated heterocycles. The van der Waals surface area contributed by atoms with Crippen molar-refractivity contribution < 1.29 is 9.90 Å². The van der Waals surface area contributed by atoms with Crippen molar-refractivity contribution in [1.29, 1.82) is 0 Å². The summed E-state index contributed by atoms with van der Waals surface area (Å²) in [5.41, 5.74) is 0.247. The first-order valence-electron chi connectivity index (χ1n) is 8.86. The number of hydrogen-bond donors (Lipinski definition) is 1. The van der Waals surface area contributed by atoms with Crippen LogP contribution in [0.2, 0.25) is 0 Å². The number of Topliss-reactive ketones (excluding diaryl/α,β-unsaturated/α-hetero) is 1. The lowest BCUT2D eigenvalue weighted by Crippen LogP contribution is -2.52. The first-order chi connectivity index (χ1) is 9.95. The average Bonchev–Trinajstić information content (AvgIpc) is 2.76. The molecule has 2 nitrogen and oxygen atoms in total. The molecule has 0 heterocycles. The molecule has 1 N–H and O–H groups in total. The molecule has 0 aromatic heterocycles. The Hall–Kier alpha value is -0.630. The van der Waals surface area contributed by atoms with E-state index in [0.717, 1.165) is 37.5 Å². The zero-order valence-corrected chi connectivity index (χ0v) is 13.3. The number of fused-ring (bicyclic) bond motifs is 5. The molecule has 21 heavy (non-hydrogen) atoms. The quantitative estimate of drug-likeness (QED) is 0.690. The van der Waals surface area contributed by atoms with Crippen molar-refractivity contribution in [1.82, 2.24) is 0 Å². The molecule has 0 radical (unpaired) electrons. The molecule has 4 rings (SSSR count). The molecule has 0 spiro atoms. The number of carbonyl (C=O) groups is 1. The van der Waals surface area contributed by atoms with Crippen LogP contribution in [-0.4, -0.2) is 17.0 Å². The van der Waals surface area contributed by atoms with Gasteiger partial charge < -0.3 is 5.11 Å². The first-order valence-corrected chi connectivity index (χ1v) is 8.86. The highest BCUT2D eigenvalue weighted by molar-refractivity contribution is 5.87. The fourth-order valence-electron chi connectivity index (χ4n) is 6.56. The van der Waals surface area contributed by atoms with Crippen LogP contribution in [-0.2, 0) is 4.79 Å². The minimum atomic E-state index is -0.235. The lowest BCUT2D eigenvalue weighted by molar-refractivity contribution is -0.134. The molecule has 4 aliphatic rings. The van der Waals surface area contributed by atoms with Gasteiger partial charge in [0.05, 0.1) is 6.10 Å². The smallest absolute Gasteiger partial charge is 0.139 e. The minimum Gasteiger partial charge on any atom is -0.389 e. The molecule has 7 atom stereocenters. The van der Waals surface area contributed by atoms with Crippen LogP contribution in [0.4, 0.5) is 0 Å². The van der Waals surface area contributed by atoms with E-state index < -0.39 is 0 Å². The third-order valence-corrected chi connectivity index (χ3v) is 7.88. The van der Waals surface area contributed by atoms with Gasteiger partial charge in [0.15, 0.2) is 0 Å². The number of carbonyl (C=O) groups excluding carboxylic acids is 1. The maximum Gasteiger partial charge on any atom is 0.139 e. The Morgan fingerprint density at radius 2 is 1.95 bits per heavy atom. The van der Waals surface area contributed by atoms with E-state index in [1.165, 1.54) is 19.3 Å². The lowest BCUT2D eigenvalue weighted by atomic mass is 9.46. The van der Waals surface area contributed by atoms with Gasteiger partial charge in [-0.05, 0) is 67.6 Å². The maximum atomic E-state index is 12.4. The van der Waals surface area contributed by atoms with E-state index in [0.29, 0.717) is 17.6 Å². The molecule has 0 aromatic carbocycles. The van der Waals surface area contributed by atoms with Gasteiger partial charge in [0.25, 0.3) is 0 Å². The van der Waals surface area contributed by atoms with E-state index in [2.05, 4.69) is 19.9 Å². The van der Waals surface area contributed by atoms with Crippen molar-refractivity contribution in [2.45, 2.75) is 64.9 Å². The van der Waals surface area contributed by atoms with Crippen LogP contribution >= 0.6 is 0 Å². The number of aliphatic hydroxyl groups excluding tert-OH is 1. The second-order valence-electron chi connectivity index (χ2n) is 8.60. The molecule has 4 unspecified atom stereocenters. The Kier molecular flexibility index (Phi) is 2.96. The third kappa shape index (κ3) is 1.78. The molecule has 3 fully saturated rings. The highest BCUT2D eigenvalue weighted by Gasteiger charge is 2.59. The molecular formula is C19H28O2. The molecule has 0 aromatic rings. The molecule has 4 aliphatic carbocycles. The van der Waals surface area contributed by atoms with Crippen molar-refractivity contribution in [3.8, 4) is 0 Å². The summed E-state index contributed by atoms with van der Waals surface area (Å²) in [6.45, 7) is 4.68. The molecule has 2 heteroatoms. The van der Waals surface area contributed by atoms with E-state index in [1.807, 2.05) is 6.08 Å². The predicted molar refractivity (Wildman–Crippen MR) is 82.6 cm³/mol. The third-order valence-electron chi connectivity index (χ3n) is 7.88. The number of aliphatic hydroxyl groups is 1. The van der Waals surface area contributed by atoms with Gasteiger partial charge in [-0.3, -0.25) is 4.79 Å². The van der Waals surface area contributed by atoms with Crippen LogP contribution in [0.3, 0.4) is 0 Å². The van der Waals surface area contributed by atoms with Gasteiger partial charge in [0, 0.05) is 11.8 Å². The Bertz CT molecular complexity index is 496. The van der Waals surface area contributed by atoms with E-state index in [1.54, 1.807) is 0 Å². The van der Waals surface area contributed by atoms with Crippen LogP contribution in [0.5, 0.6) is 0 Å². The number of rotatable bonds is 0. The first kappa shape index (κ1) is 14.0. The number of ketones is 1. The van der Waals surface area contributed by atoms with Crippen LogP contribution in [0.25, 0.3) is 0 Å². The summed E-state index contributed by atoms with van der Waals surface area (Å²) in [6.07, 6.45) is 11.8. The second-order valence-corrected chi connectivity index (χ2v) is 8.60. The molecule has 3 saturated carbocycles. The zero-order valence-electron chi connectivity index (χ0n) is 13.3. The Morgan fingerprint density at radius 3 is 2.76 bits per heavy atom. The van der Waals surface area contributed by atoms with Crippen molar-refractivity contribution in [2.75, 3.05) is 0 Å². The van der Waals surface area contributed by atoms with Gasteiger partial charge in [0.2, 0.25) is 0 Å². The maximum absolute atomic E-state index is 12.4. The Labute approximate surface area is 128 Å². The summed E-state index contributed by atoms with van der Waals surface area (Å²) < 4.78 is 0. The largest absolute Gasteiger partial charge is 0.389 e. The monoisotopic (exact) mass is 288 g/mol. The van der Waals surface area contributed by atoms with E-state index in [4.69, 9.17) is 0 Å². The van der Waals surface area contributed by atoms with E-state index in [-0.39, 0.29) is 16.9 Å². The van der Waals surface area contributed by atoms with Crippen molar-refractivity contribution >= 4 is 5.78 Å². The summed E-state index contributed by atoms with van der Waals surface area (Å²) in [5.74, 6) is 3.26. The Balaban J connectivity index is 1.68. The van der Waals surface area contributed by atoms with Gasteiger partial charge in [-0.15, -0.1) is 0 Å². The number of allylic oxidation sites excluding steroid dienone is 1. The van der Waals surface area contributed by atoms with E-state index >= 15 is 0 Å². The normalized spacial score (nSPS) is 55.8. The summed E-state index contributed by atoms with van der Waals surface area (Å²) in [5, 5.41) is 9.95. The molecular weight excluding hydrogens is 260 g/mol. The standard InChI is InChI=1S/C19H28O2/c1-18-9-7-13(20)11-12(18)3-4-14-15-5-6-17(21)19(15,2)10-8-16(14)18/h7,9,12-16,20H,3-6,8,10-11H2,1-2H3/t12?,13-,14?,15?,16?,18+,19+/m1/s1. The fourth-order valence-corrected chi connectivity index (χ4v) is 6.56. The van der Waals surface area contributed by atoms with Crippen molar-refractivity contribution in [3.63, 3.8) is 0 Å². The van der Waals surface area contributed by atoms with Gasteiger partial charge in [0.1, 0.15) is 5.78 Å². The predicted octanol–water partition coefficient (Wildman–Crippen LogP) is 3.74. The van der Waals surface area contributed by atoms with Gasteiger partial charge in [-0.1, -0.05) is 26.0 Å². The lowest BCUT2D eigenvalue weighted by Gasteiger charge is -2.58. The summed E-state index contributed by atoms with van der Waals surface area (Å²) in [4.78, 5) is 12.4. The molecule has 116 valence electrons. The fraction of sp³-hybridized carbons (Fsp3) is 0.842. The highest BCUT2D eigenvalue weighted by Crippen LogP contribution is 2.64. The second kappa shape index (κ2) is 4.44.